The molecule has 0 saturated carbocycles. The number of carbonyl (C=O) groups excluding carboxylic acids is 2. The molecule has 92 valence electrons. The van der Waals surface area contributed by atoms with E-state index in [1.54, 1.807) is 13.8 Å². The second-order valence-corrected chi connectivity index (χ2v) is 3.05. The zero-order valence-corrected chi connectivity index (χ0v) is 9.61. The number of hydrogen-bond acceptors (Lipinski definition) is 5. The highest BCUT2D eigenvalue weighted by atomic mass is 16.5. The van der Waals surface area contributed by atoms with Crippen molar-refractivity contribution in [2.24, 2.45) is 0 Å². The Morgan fingerprint density at radius 3 is 2.29 bits per heavy atom. The van der Waals surface area contributed by atoms with E-state index in [1.165, 1.54) is 6.07 Å². The molecule has 0 radical (unpaired) electrons. The van der Waals surface area contributed by atoms with Crippen LogP contribution in [0, 0.1) is 0 Å². The highest BCUT2D eigenvalue weighted by Gasteiger charge is 2.19. The minimum Gasteiger partial charge on any atom is -0.462 e. The maximum atomic E-state index is 11.5. The molecule has 1 heterocycles. The van der Waals surface area contributed by atoms with E-state index in [0.29, 0.717) is 0 Å². The number of ether oxygens (including phenoxy) is 2. The Kier molecular flexibility index (Phi) is 4.45. The Morgan fingerprint density at radius 2 is 1.71 bits per heavy atom. The summed E-state index contributed by atoms with van der Waals surface area (Å²) in [4.78, 5) is 36.4. The highest BCUT2D eigenvalue weighted by molar-refractivity contribution is 6.01. The summed E-state index contributed by atoms with van der Waals surface area (Å²) in [5, 5.41) is 0. The van der Waals surface area contributed by atoms with Crippen LogP contribution in [0.5, 0.6) is 0 Å². The molecule has 0 unspecified atom stereocenters. The number of pyridine rings is 1. The van der Waals surface area contributed by atoms with Crippen LogP contribution in [0.3, 0.4) is 0 Å². The van der Waals surface area contributed by atoms with Crippen molar-refractivity contribution < 1.29 is 19.1 Å². The number of hydrogen-bond donors (Lipinski definition) is 1. The monoisotopic (exact) mass is 239 g/mol. The van der Waals surface area contributed by atoms with E-state index in [-0.39, 0.29) is 24.5 Å². The molecule has 0 aliphatic rings. The van der Waals surface area contributed by atoms with Crippen LogP contribution in [0.25, 0.3) is 0 Å². The molecule has 1 aromatic rings. The summed E-state index contributed by atoms with van der Waals surface area (Å²) >= 11 is 0. The summed E-state index contributed by atoms with van der Waals surface area (Å²) in [6.07, 6.45) is 0. The molecule has 6 nitrogen and oxygen atoms in total. The molecule has 0 atom stereocenters. The van der Waals surface area contributed by atoms with Crippen LogP contribution in [0.2, 0.25) is 0 Å². The smallest absolute Gasteiger partial charge is 0.355 e. The molecule has 1 rings (SSSR count). The third-order valence-corrected chi connectivity index (χ3v) is 1.89. The normalized spacial score (nSPS) is 9.76. The van der Waals surface area contributed by atoms with Gasteiger partial charge in [0.05, 0.1) is 18.8 Å². The van der Waals surface area contributed by atoms with Gasteiger partial charge in [0.15, 0.2) is 0 Å². The fourth-order valence-corrected chi connectivity index (χ4v) is 1.22. The number of aromatic amines is 1. The molecule has 0 aliphatic carbocycles. The first-order valence-corrected chi connectivity index (χ1v) is 5.17. The summed E-state index contributed by atoms with van der Waals surface area (Å²) in [7, 11) is 0. The van der Waals surface area contributed by atoms with Crippen LogP contribution in [-0.4, -0.2) is 30.1 Å². The fourth-order valence-electron chi connectivity index (χ4n) is 1.22. The molecule has 0 aromatic carbocycles. The van der Waals surface area contributed by atoms with Gasteiger partial charge in [0.25, 0.3) is 0 Å². The molecule has 0 saturated heterocycles. The van der Waals surface area contributed by atoms with Crippen molar-refractivity contribution in [3.8, 4) is 0 Å². The Morgan fingerprint density at radius 1 is 1.12 bits per heavy atom. The topological polar surface area (TPSA) is 85.5 Å². The Hall–Kier alpha value is -2.11. The predicted molar refractivity (Wildman–Crippen MR) is 59.0 cm³/mol. The molecule has 0 spiro atoms. The van der Waals surface area contributed by atoms with Gasteiger partial charge in [-0.2, -0.15) is 0 Å². The van der Waals surface area contributed by atoms with Crippen molar-refractivity contribution in [1.29, 1.82) is 0 Å². The standard InChI is InChI=1S/C11H13NO5/c1-3-16-10(14)7-5-6-8(13)12-9(7)11(15)17-4-2/h5-6H,3-4H2,1-2H3,(H,12,13). The van der Waals surface area contributed by atoms with Crippen molar-refractivity contribution in [3.05, 3.63) is 33.7 Å². The summed E-state index contributed by atoms with van der Waals surface area (Å²) in [5.74, 6) is -1.43. The fraction of sp³-hybridized carbons (Fsp3) is 0.364. The lowest BCUT2D eigenvalue weighted by Gasteiger charge is -2.07. The first-order chi connectivity index (χ1) is 8.10. The molecule has 0 amide bonds. The van der Waals surface area contributed by atoms with Gasteiger partial charge in [-0.05, 0) is 19.9 Å². The van der Waals surface area contributed by atoms with Gasteiger partial charge in [0.2, 0.25) is 5.56 Å². The number of nitrogens with one attached hydrogen (secondary N) is 1. The van der Waals surface area contributed by atoms with E-state index < -0.39 is 17.5 Å². The summed E-state index contributed by atoms with van der Waals surface area (Å²) < 4.78 is 9.50. The Balaban J connectivity index is 3.16. The van der Waals surface area contributed by atoms with Crippen molar-refractivity contribution in [1.82, 2.24) is 4.98 Å². The quantitative estimate of drug-likeness (QED) is 0.783. The molecule has 0 aliphatic heterocycles. The van der Waals surface area contributed by atoms with E-state index in [2.05, 4.69) is 4.98 Å². The lowest BCUT2D eigenvalue weighted by atomic mass is 10.2. The number of rotatable bonds is 4. The van der Waals surface area contributed by atoms with Gasteiger partial charge in [-0.3, -0.25) is 4.79 Å². The lowest BCUT2D eigenvalue weighted by Crippen LogP contribution is -2.20. The number of carbonyl (C=O) groups is 2. The number of aromatic nitrogens is 1. The largest absolute Gasteiger partial charge is 0.462 e. The van der Waals surface area contributed by atoms with E-state index in [9.17, 15) is 14.4 Å². The van der Waals surface area contributed by atoms with Crippen molar-refractivity contribution in [3.63, 3.8) is 0 Å². The summed E-state index contributed by atoms with van der Waals surface area (Å²) in [5.41, 5.74) is -0.677. The van der Waals surface area contributed by atoms with Crippen LogP contribution < -0.4 is 5.56 Å². The Labute approximate surface area is 97.6 Å². The highest BCUT2D eigenvalue weighted by Crippen LogP contribution is 2.07. The zero-order chi connectivity index (χ0) is 12.8. The first kappa shape index (κ1) is 13.0. The Bertz CT molecular complexity index is 477. The second-order valence-electron chi connectivity index (χ2n) is 3.05. The summed E-state index contributed by atoms with van der Waals surface area (Å²) in [6, 6.07) is 2.39. The van der Waals surface area contributed by atoms with Gasteiger partial charge in [0.1, 0.15) is 5.69 Å². The molecule has 0 fully saturated rings. The molecule has 6 heteroatoms. The van der Waals surface area contributed by atoms with Crippen molar-refractivity contribution in [2.75, 3.05) is 13.2 Å². The average molecular weight is 239 g/mol. The number of esters is 2. The van der Waals surface area contributed by atoms with Crippen LogP contribution in [0.4, 0.5) is 0 Å². The van der Waals surface area contributed by atoms with E-state index in [1.807, 2.05) is 0 Å². The maximum Gasteiger partial charge on any atom is 0.355 e. The third-order valence-electron chi connectivity index (χ3n) is 1.89. The molecular weight excluding hydrogens is 226 g/mol. The van der Waals surface area contributed by atoms with Crippen LogP contribution in [0.1, 0.15) is 34.7 Å². The van der Waals surface area contributed by atoms with Gasteiger partial charge in [0, 0.05) is 6.07 Å². The van der Waals surface area contributed by atoms with Gasteiger partial charge in [-0.25, -0.2) is 9.59 Å². The van der Waals surface area contributed by atoms with Gasteiger partial charge in [-0.15, -0.1) is 0 Å². The van der Waals surface area contributed by atoms with E-state index >= 15 is 0 Å². The number of H-pyrrole nitrogens is 1. The molecule has 17 heavy (non-hydrogen) atoms. The van der Waals surface area contributed by atoms with Crippen LogP contribution in [-0.2, 0) is 9.47 Å². The van der Waals surface area contributed by atoms with Gasteiger partial charge >= 0.3 is 11.9 Å². The van der Waals surface area contributed by atoms with Crippen LogP contribution >= 0.6 is 0 Å². The molecular formula is C11H13NO5. The average Bonchev–Trinajstić information content (AvgIpc) is 2.29. The second kappa shape index (κ2) is 5.83. The lowest BCUT2D eigenvalue weighted by molar-refractivity contribution is 0.0473. The summed E-state index contributed by atoms with van der Waals surface area (Å²) in [6.45, 7) is 3.61. The van der Waals surface area contributed by atoms with Gasteiger partial charge < -0.3 is 14.5 Å². The molecule has 0 bridgehead atoms. The van der Waals surface area contributed by atoms with E-state index in [0.717, 1.165) is 6.07 Å². The first-order valence-electron chi connectivity index (χ1n) is 5.17. The third kappa shape index (κ3) is 3.17. The van der Waals surface area contributed by atoms with Crippen LogP contribution in [0.15, 0.2) is 16.9 Å². The van der Waals surface area contributed by atoms with Gasteiger partial charge in [-0.1, -0.05) is 0 Å². The maximum absolute atomic E-state index is 11.5. The van der Waals surface area contributed by atoms with Crippen molar-refractivity contribution in [2.45, 2.75) is 13.8 Å². The van der Waals surface area contributed by atoms with Crippen molar-refractivity contribution >= 4 is 11.9 Å². The zero-order valence-electron chi connectivity index (χ0n) is 9.61. The minimum absolute atomic E-state index is 0.00935. The van der Waals surface area contributed by atoms with E-state index in [4.69, 9.17) is 9.47 Å². The molecule has 1 N–H and O–H groups in total. The predicted octanol–water partition coefficient (Wildman–Crippen LogP) is 0.728. The minimum atomic E-state index is -0.756. The molecule has 1 aromatic heterocycles. The SMILES string of the molecule is CCOC(=O)c1ccc(=O)[nH]c1C(=O)OCC.